The Hall–Kier alpha value is -4.33. The first-order chi connectivity index (χ1) is 23.2. The molecule has 1 saturated heterocycles. The van der Waals surface area contributed by atoms with Crippen LogP contribution in [0.1, 0.15) is 49.8 Å². The van der Waals surface area contributed by atoms with Gasteiger partial charge in [0.1, 0.15) is 12.1 Å². The number of ether oxygens (including phenoxy) is 3. The zero-order valence-electron chi connectivity index (χ0n) is 28.2. The van der Waals surface area contributed by atoms with Crippen LogP contribution in [0.15, 0.2) is 30.5 Å². The number of hydrogen-bond acceptors (Lipinski definition) is 9. The van der Waals surface area contributed by atoms with Crippen molar-refractivity contribution in [3.63, 3.8) is 0 Å². The Bertz CT molecular complexity index is 1620. The molecule has 3 heterocycles. The summed E-state index contributed by atoms with van der Waals surface area (Å²) in [5, 5.41) is 23.4. The van der Waals surface area contributed by atoms with E-state index >= 15 is 0 Å². The predicted molar refractivity (Wildman–Crippen MR) is 175 cm³/mol. The molecule has 0 bridgehead atoms. The molecule has 16 heteroatoms. The van der Waals surface area contributed by atoms with E-state index in [-0.39, 0.29) is 29.9 Å². The van der Waals surface area contributed by atoms with Crippen LogP contribution in [-0.2, 0) is 27.3 Å². The molecule has 0 saturated carbocycles. The van der Waals surface area contributed by atoms with Crippen LogP contribution in [0.3, 0.4) is 0 Å². The second-order valence-corrected chi connectivity index (χ2v) is 12.8. The molecular formula is C33H44F3N7O6. The molecular weight excluding hydrogens is 647 g/mol. The van der Waals surface area contributed by atoms with Crippen molar-refractivity contribution >= 4 is 28.7 Å². The fraction of sp³-hybridized carbons (Fsp3) is 0.576. The number of amides is 1. The van der Waals surface area contributed by atoms with Crippen molar-refractivity contribution in [2.45, 2.75) is 64.5 Å². The topological polar surface area (TPSA) is 145 Å². The van der Waals surface area contributed by atoms with Gasteiger partial charge in [-0.1, -0.05) is 12.0 Å². The lowest BCUT2D eigenvalue weighted by Crippen LogP contribution is -2.45. The van der Waals surface area contributed by atoms with Crippen molar-refractivity contribution in [3.8, 4) is 11.8 Å². The molecule has 1 fully saturated rings. The molecule has 4 rings (SSSR count). The maximum Gasteiger partial charge on any atom is 0.408 e. The number of piperidine rings is 1. The molecule has 13 nitrogen and oxygen atoms in total. The van der Waals surface area contributed by atoms with Gasteiger partial charge in [-0.25, -0.2) is 9.59 Å². The number of rotatable bonds is 14. The van der Waals surface area contributed by atoms with Crippen LogP contribution >= 0.6 is 0 Å². The van der Waals surface area contributed by atoms with Gasteiger partial charge in [0, 0.05) is 30.3 Å². The van der Waals surface area contributed by atoms with Crippen molar-refractivity contribution < 1.29 is 42.1 Å². The molecule has 1 aliphatic heterocycles. The molecule has 2 unspecified atom stereocenters. The summed E-state index contributed by atoms with van der Waals surface area (Å²) < 4.78 is 58.7. The van der Waals surface area contributed by atoms with Gasteiger partial charge in [-0.05, 0) is 77.2 Å². The van der Waals surface area contributed by atoms with Gasteiger partial charge < -0.3 is 39.4 Å². The highest BCUT2D eigenvalue weighted by atomic mass is 19.4. The summed E-state index contributed by atoms with van der Waals surface area (Å²) in [6.45, 7) is 7.48. The molecule has 1 amide bonds. The smallest absolute Gasteiger partial charge is 0.408 e. The standard InChI is InChI=1S/C33H44F3N7O6/c1-32(2,3)49-31(46)37-12-6-7-24-19-25-27(8-5-9-29(25)42(24)22-33(34,35)36)39-26-10-13-41(4)21-23(26)11-15-47-17-18-48-16-14-43-38-20-28(40-43)30(44)45/h5,8-9,19-20,23,26,39H,10-18,21-22H2,1-4H3,(H,37,46)(H,44,45). The third-order valence-electron chi connectivity index (χ3n) is 7.69. The number of aromatic carboxylic acids is 1. The zero-order chi connectivity index (χ0) is 35.6. The number of alkyl carbamates (subject to hydrolysis) is 1. The number of likely N-dealkylation sites (tertiary alicyclic amines) is 1. The zero-order valence-corrected chi connectivity index (χ0v) is 28.2. The van der Waals surface area contributed by atoms with Crippen LogP contribution in [-0.4, -0.2) is 113 Å². The lowest BCUT2D eigenvalue weighted by Gasteiger charge is -2.38. The Balaban J connectivity index is 1.35. The fourth-order valence-corrected chi connectivity index (χ4v) is 5.53. The average molecular weight is 692 g/mol. The third-order valence-corrected chi connectivity index (χ3v) is 7.69. The molecule has 1 aliphatic rings. The molecule has 0 spiro atoms. The van der Waals surface area contributed by atoms with Gasteiger partial charge in [-0.2, -0.15) is 23.1 Å². The number of carboxylic acids is 1. The molecule has 3 aromatic rings. The second kappa shape index (κ2) is 16.9. The molecule has 0 radical (unpaired) electrons. The van der Waals surface area contributed by atoms with Gasteiger partial charge in [0.25, 0.3) is 0 Å². The quantitative estimate of drug-likeness (QED) is 0.166. The monoisotopic (exact) mass is 691 g/mol. The minimum atomic E-state index is -4.46. The van der Waals surface area contributed by atoms with Crippen molar-refractivity contribution in [1.82, 2.24) is 29.8 Å². The number of anilines is 1. The summed E-state index contributed by atoms with van der Waals surface area (Å²) in [7, 11) is 2.06. The number of nitrogens with one attached hydrogen (secondary N) is 2. The number of carboxylic acid groups (broad SMARTS) is 1. The van der Waals surface area contributed by atoms with E-state index in [1.165, 1.54) is 11.0 Å². The minimum Gasteiger partial charge on any atom is -0.476 e. The van der Waals surface area contributed by atoms with Gasteiger partial charge in [0.05, 0.1) is 50.3 Å². The Kier molecular flexibility index (Phi) is 12.9. The van der Waals surface area contributed by atoms with Gasteiger partial charge in [-0.3, -0.25) is 0 Å². The van der Waals surface area contributed by atoms with E-state index in [4.69, 9.17) is 19.3 Å². The molecule has 268 valence electrons. The van der Waals surface area contributed by atoms with E-state index in [1.54, 1.807) is 39.0 Å². The normalized spacial score (nSPS) is 17.0. The maximum atomic E-state index is 13.7. The van der Waals surface area contributed by atoms with Crippen LogP contribution in [0.25, 0.3) is 10.9 Å². The van der Waals surface area contributed by atoms with Crippen LogP contribution in [0.5, 0.6) is 0 Å². The molecule has 2 aromatic heterocycles. The molecule has 49 heavy (non-hydrogen) atoms. The first-order valence-electron chi connectivity index (χ1n) is 16.1. The van der Waals surface area contributed by atoms with E-state index in [1.807, 2.05) is 6.07 Å². The summed E-state index contributed by atoms with van der Waals surface area (Å²) >= 11 is 0. The number of hydrogen-bond donors (Lipinski definition) is 3. The number of alkyl halides is 3. The highest BCUT2D eigenvalue weighted by Crippen LogP contribution is 2.32. The van der Waals surface area contributed by atoms with Crippen LogP contribution < -0.4 is 10.6 Å². The molecule has 2 atom stereocenters. The number of fused-ring (bicyclic) bond motifs is 1. The Morgan fingerprint density at radius 1 is 1.12 bits per heavy atom. The average Bonchev–Trinajstić information content (AvgIpc) is 3.62. The number of aromatic nitrogens is 4. The SMILES string of the molecule is CN1CCC(Nc2cccc3c2cc(C#CCNC(=O)OC(C)(C)C)n3CC(F)(F)F)C(CCOCCOCCn2ncc(C(=O)O)n2)C1. The van der Waals surface area contributed by atoms with Gasteiger partial charge in [0.15, 0.2) is 5.69 Å². The minimum absolute atomic E-state index is 0.0671. The fourth-order valence-electron chi connectivity index (χ4n) is 5.53. The Labute approximate surface area is 283 Å². The number of benzene rings is 1. The van der Waals surface area contributed by atoms with E-state index < -0.39 is 30.4 Å². The number of carbonyl (C=O) groups excluding carboxylic acids is 1. The summed E-state index contributed by atoms with van der Waals surface area (Å²) in [5.74, 6) is 4.64. The van der Waals surface area contributed by atoms with Crippen molar-refractivity contribution in [2.24, 2.45) is 5.92 Å². The van der Waals surface area contributed by atoms with Crippen LogP contribution in [0.2, 0.25) is 0 Å². The lowest BCUT2D eigenvalue weighted by molar-refractivity contribution is -0.140. The number of carbonyl (C=O) groups is 2. The van der Waals surface area contributed by atoms with Crippen LogP contribution in [0.4, 0.5) is 23.7 Å². The molecule has 3 N–H and O–H groups in total. The van der Waals surface area contributed by atoms with Crippen molar-refractivity contribution in [2.75, 3.05) is 58.4 Å². The number of nitrogens with zero attached hydrogens (tertiary/aromatic N) is 5. The first-order valence-corrected chi connectivity index (χ1v) is 16.1. The van der Waals surface area contributed by atoms with E-state index in [0.717, 1.165) is 36.2 Å². The van der Waals surface area contributed by atoms with Gasteiger partial charge in [0.2, 0.25) is 0 Å². The Morgan fingerprint density at radius 3 is 2.57 bits per heavy atom. The van der Waals surface area contributed by atoms with Crippen LogP contribution in [0, 0.1) is 17.8 Å². The van der Waals surface area contributed by atoms with E-state index in [2.05, 4.69) is 44.6 Å². The number of halogens is 3. The third kappa shape index (κ3) is 11.9. The predicted octanol–water partition coefficient (Wildman–Crippen LogP) is 4.23. The van der Waals surface area contributed by atoms with E-state index in [0.29, 0.717) is 43.9 Å². The maximum absolute atomic E-state index is 13.7. The first kappa shape index (κ1) is 37.5. The van der Waals surface area contributed by atoms with Gasteiger partial charge in [-0.15, -0.1) is 5.10 Å². The second-order valence-electron chi connectivity index (χ2n) is 12.8. The summed E-state index contributed by atoms with van der Waals surface area (Å²) in [6.07, 6.45) is -2.33. The molecule has 1 aromatic carbocycles. The highest BCUT2D eigenvalue weighted by molar-refractivity contribution is 5.94. The largest absolute Gasteiger partial charge is 0.476 e. The van der Waals surface area contributed by atoms with Crippen molar-refractivity contribution in [1.29, 1.82) is 0 Å². The van der Waals surface area contributed by atoms with Crippen molar-refractivity contribution in [3.05, 3.63) is 41.9 Å². The molecule has 0 aliphatic carbocycles. The summed E-state index contributed by atoms with van der Waals surface area (Å²) in [4.78, 5) is 26.4. The highest BCUT2D eigenvalue weighted by Gasteiger charge is 2.31. The summed E-state index contributed by atoms with van der Waals surface area (Å²) in [5.41, 5.74) is 0.513. The lowest BCUT2D eigenvalue weighted by atomic mass is 9.89. The summed E-state index contributed by atoms with van der Waals surface area (Å²) in [6, 6.07) is 6.98. The van der Waals surface area contributed by atoms with Gasteiger partial charge >= 0.3 is 18.2 Å². The Morgan fingerprint density at radius 2 is 1.88 bits per heavy atom. The van der Waals surface area contributed by atoms with E-state index in [9.17, 15) is 22.8 Å².